The maximum Gasteiger partial charge on any atom is 0.318 e. The summed E-state index contributed by atoms with van der Waals surface area (Å²) in [4.78, 5) is 15.9. The molecule has 1 aliphatic rings. The normalized spacial score (nSPS) is 17.8. The molecule has 0 N–H and O–H groups in total. The van der Waals surface area contributed by atoms with Gasteiger partial charge in [-0.1, -0.05) is 6.08 Å². The summed E-state index contributed by atoms with van der Waals surface area (Å²) in [5.74, 6) is 0.906. The maximum absolute atomic E-state index is 6.18. The number of allylic oxidation sites excluding steroid dienone is 1. The third-order valence-corrected chi connectivity index (χ3v) is 4.59. The Morgan fingerprint density at radius 2 is 2.12 bits per heavy atom. The molecule has 1 unspecified atom stereocenters. The zero-order chi connectivity index (χ0) is 18.2. The fourth-order valence-corrected chi connectivity index (χ4v) is 3.14. The molecule has 1 aromatic rings. The Kier molecular flexibility index (Phi) is 7.65. The maximum atomic E-state index is 6.18. The average molecular weight is 348 g/mol. The highest BCUT2D eigenvalue weighted by molar-refractivity contribution is 5.44. The monoisotopic (exact) mass is 347 g/mol. The lowest BCUT2D eigenvalue weighted by Crippen LogP contribution is -2.38. The largest absolute Gasteiger partial charge is 0.459 e. The summed E-state index contributed by atoms with van der Waals surface area (Å²) in [5, 5.41) is 0. The lowest BCUT2D eigenvalue weighted by Gasteiger charge is -2.26. The van der Waals surface area contributed by atoms with Crippen molar-refractivity contribution in [2.75, 3.05) is 58.8 Å². The van der Waals surface area contributed by atoms with E-state index in [1.807, 2.05) is 38.2 Å². The van der Waals surface area contributed by atoms with Gasteiger partial charge in [0, 0.05) is 45.5 Å². The zero-order valence-electron chi connectivity index (χ0n) is 16.2. The molecule has 25 heavy (non-hydrogen) atoms. The fraction of sp³-hybridized carbons (Fsp3) is 0.684. The molecule has 140 valence electrons. The van der Waals surface area contributed by atoms with E-state index in [0.717, 1.165) is 50.4 Å². The molecule has 6 heteroatoms. The van der Waals surface area contributed by atoms with Crippen LogP contribution in [0.25, 0.3) is 0 Å². The van der Waals surface area contributed by atoms with E-state index < -0.39 is 0 Å². The number of hydrogen-bond donors (Lipinski definition) is 0. The number of aryl methyl sites for hydroxylation is 1. The van der Waals surface area contributed by atoms with Crippen LogP contribution in [0.3, 0.4) is 0 Å². The number of aromatic nitrogens is 2. The minimum atomic E-state index is 0.0825. The lowest BCUT2D eigenvalue weighted by atomic mass is 10.2. The second-order valence-electron chi connectivity index (χ2n) is 7.12. The van der Waals surface area contributed by atoms with Crippen molar-refractivity contribution in [2.24, 2.45) is 0 Å². The number of anilines is 1. The second kappa shape index (κ2) is 9.73. The van der Waals surface area contributed by atoms with Crippen molar-refractivity contribution in [1.82, 2.24) is 19.8 Å². The van der Waals surface area contributed by atoms with Crippen molar-refractivity contribution in [1.29, 1.82) is 0 Å². The molecule has 2 heterocycles. The van der Waals surface area contributed by atoms with Gasteiger partial charge in [0.15, 0.2) is 0 Å². The van der Waals surface area contributed by atoms with Crippen molar-refractivity contribution >= 4 is 5.82 Å². The topological polar surface area (TPSA) is 44.7 Å². The predicted molar refractivity (Wildman–Crippen MR) is 103 cm³/mol. The fourth-order valence-electron chi connectivity index (χ4n) is 3.14. The van der Waals surface area contributed by atoms with Crippen LogP contribution >= 0.6 is 0 Å². The molecule has 0 radical (unpaired) electrons. The molecule has 1 saturated heterocycles. The van der Waals surface area contributed by atoms with Crippen LogP contribution in [-0.4, -0.2) is 79.7 Å². The van der Waals surface area contributed by atoms with Gasteiger partial charge >= 0.3 is 6.01 Å². The number of ether oxygens (including phenoxy) is 1. The van der Waals surface area contributed by atoms with Crippen molar-refractivity contribution in [2.45, 2.75) is 32.3 Å². The molecule has 1 aromatic heterocycles. The van der Waals surface area contributed by atoms with Gasteiger partial charge in [0.25, 0.3) is 0 Å². The van der Waals surface area contributed by atoms with Gasteiger partial charge in [0.2, 0.25) is 0 Å². The quantitative estimate of drug-likeness (QED) is 0.672. The van der Waals surface area contributed by atoms with Crippen LogP contribution in [0.15, 0.2) is 18.9 Å². The Balaban J connectivity index is 2.04. The van der Waals surface area contributed by atoms with E-state index in [1.54, 1.807) is 0 Å². The molecule has 0 saturated carbocycles. The van der Waals surface area contributed by atoms with Gasteiger partial charge in [0.05, 0.1) is 0 Å². The number of hydrogen-bond acceptors (Lipinski definition) is 6. The highest BCUT2D eigenvalue weighted by Crippen LogP contribution is 2.18. The van der Waals surface area contributed by atoms with Crippen molar-refractivity contribution in [3.63, 3.8) is 0 Å². The Bertz CT molecular complexity index is 549. The lowest BCUT2D eigenvalue weighted by molar-refractivity contribution is 0.118. The van der Waals surface area contributed by atoms with Crippen molar-refractivity contribution < 1.29 is 4.74 Å². The van der Waals surface area contributed by atoms with Crippen LogP contribution in [0.2, 0.25) is 0 Å². The number of rotatable bonds is 8. The van der Waals surface area contributed by atoms with Gasteiger partial charge in [-0.2, -0.15) is 4.98 Å². The molecule has 0 aromatic carbocycles. The molecular formula is C19H33N5O. The Labute approximate surface area is 152 Å². The molecule has 1 fully saturated rings. The average Bonchev–Trinajstić information content (AvgIpc) is 2.78. The van der Waals surface area contributed by atoms with Gasteiger partial charge in [-0.05, 0) is 46.3 Å². The number of nitrogens with zero attached hydrogens (tertiary/aromatic N) is 5. The summed E-state index contributed by atoms with van der Waals surface area (Å²) in [5.41, 5.74) is 1.05. The standard InChI is InChI=1S/C19H33N5O/c1-6-7-9-17(15-24-11-8-10-23(5)12-13-24)25-19-20-14-16(2)18(21-19)22(3)4/h6,14,17H,1,7-13,15H2,2-5H3. The first kappa shape index (κ1) is 19.7. The van der Waals surface area contributed by atoms with Crippen LogP contribution < -0.4 is 9.64 Å². The summed E-state index contributed by atoms with van der Waals surface area (Å²) < 4.78 is 6.18. The summed E-state index contributed by atoms with van der Waals surface area (Å²) in [6.07, 6.45) is 6.95. The zero-order valence-corrected chi connectivity index (χ0v) is 16.2. The van der Waals surface area contributed by atoms with E-state index in [9.17, 15) is 0 Å². The molecule has 2 rings (SSSR count). The molecule has 1 aliphatic heterocycles. The van der Waals surface area contributed by atoms with E-state index >= 15 is 0 Å². The first-order chi connectivity index (χ1) is 12.0. The first-order valence-electron chi connectivity index (χ1n) is 9.19. The minimum Gasteiger partial charge on any atom is -0.459 e. The van der Waals surface area contributed by atoms with Crippen molar-refractivity contribution in [3.05, 3.63) is 24.4 Å². The summed E-state index contributed by atoms with van der Waals surface area (Å²) in [6, 6.07) is 0.468. The van der Waals surface area contributed by atoms with E-state index in [1.165, 1.54) is 13.0 Å². The van der Waals surface area contributed by atoms with Gasteiger partial charge < -0.3 is 14.5 Å². The molecule has 6 nitrogen and oxygen atoms in total. The molecular weight excluding hydrogens is 314 g/mol. The van der Waals surface area contributed by atoms with E-state index in [4.69, 9.17) is 4.74 Å². The Morgan fingerprint density at radius 1 is 1.32 bits per heavy atom. The van der Waals surface area contributed by atoms with E-state index in [2.05, 4.69) is 33.4 Å². The van der Waals surface area contributed by atoms with E-state index in [-0.39, 0.29) is 6.10 Å². The van der Waals surface area contributed by atoms with Gasteiger partial charge in [-0.25, -0.2) is 4.98 Å². The van der Waals surface area contributed by atoms with E-state index in [0.29, 0.717) is 6.01 Å². The van der Waals surface area contributed by atoms with Gasteiger partial charge in [0.1, 0.15) is 11.9 Å². The predicted octanol–water partition coefficient (Wildman–Crippen LogP) is 2.20. The van der Waals surface area contributed by atoms with Gasteiger partial charge in [-0.15, -0.1) is 6.58 Å². The third-order valence-electron chi connectivity index (χ3n) is 4.59. The second-order valence-corrected chi connectivity index (χ2v) is 7.12. The molecule has 0 bridgehead atoms. The SMILES string of the molecule is C=CCCC(CN1CCCN(C)CC1)Oc1ncc(C)c(N(C)C)n1. The van der Waals surface area contributed by atoms with Gasteiger partial charge in [-0.3, -0.25) is 4.90 Å². The summed E-state index contributed by atoms with van der Waals surface area (Å²) >= 11 is 0. The van der Waals surface area contributed by atoms with Crippen LogP contribution in [0.1, 0.15) is 24.8 Å². The Hall–Kier alpha value is -1.66. The minimum absolute atomic E-state index is 0.0825. The smallest absolute Gasteiger partial charge is 0.318 e. The van der Waals surface area contributed by atoms with Crippen LogP contribution in [0.5, 0.6) is 6.01 Å². The van der Waals surface area contributed by atoms with Crippen molar-refractivity contribution in [3.8, 4) is 6.01 Å². The first-order valence-corrected chi connectivity index (χ1v) is 9.19. The Morgan fingerprint density at radius 3 is 2.84 bits per heavy atom. The highest BCUT2D eigenvalue weighted by Gasteiger charge is 2.19. The number of likely N-dealkylation sites (N-methyl/N-ethyl adjacent to an activating group) is 1. The molecule has 0 spiro atoms. The van der Waals surface area contributed by atoms with Crippen LogP contribution in [-0.2, 0) is 0 Å². The van der Waals surface area contributed by atoms with Crippen LogP contribution in [0, 0.1) is 6.92 Å². The highest BCUT2D eigenvalue weighted by atomic mass is 16.5. The summed E-state index contributed by atoms with van der Waals surface area (Å²) in [6.45, 7) is 11.3. The molecule has 0 amide bonds. The molecule has 1 atom stereocenters. The molecule has 0 aliphatic carbocycles. The summed E-state index contributed by atoms with van der Waals surface area (Å²) in [7, 11) is 6.17. The third kappa shape index (κ3) is 6.29. The van der Waals surface area contributed by atoms with Crippen LogP contribution in [0.4, 0.5) is 5.82 Å².